The lowest BCUT2D eigenvalue weighted by molar-refractivity contribution is -0.135. The first kappa shape index (κ1) is 21.6. The fourth-order valence-corrected chi connectivity index (χ4v) is 4.09. The zero-order valence-electron chi connectivity index (χ0n) is 17.7. The fraction of sp³-hybridized carbons (Fsp3) is 0.636. The van der Waals surface area contributed by atoms with Gasteiger partial charge >= 0.3 is 0 Å². The Balaban J connectivity index is 1.51. The van der Waals surface area contributed by atoms with Crippen LogP contribution in [0.3, 0.4) is 0 Å². The number of hydrogen-bond donors (Lipinski definition) is 1. The maximum Gasteiger partial charge on any atom is 0.239 e. The monoisotopic (exact) mass is 403 g/mol. The molecule has 2 aliphatic rings. The number of amides is 1. The predicted octanol–water partition coefficient (Wildman–Crippen LogP) is 1.96. The zero-order chi connectivity index (χ0) is 20.6. The molecule has 1 aromatic rings. The Morgan fingerprint density at radius 1 is 1.14 bits per heavy atom. The Kier molecular flexibility index (Phi) is 7.86. The molecule has 1 aromatic carbocycles. The number of guanidine groups is 1. The van der Waals surface area contributed by atoms with E-state index in [2.05, 4.69) is 22.0 Å². The molecule has 2 heterocycles. The summed E-state index contributed by atoms with van der Waals surface area (Å²) in [5.74, 6) is 0.973. The maximum atomic E-state index is 13.3. The highest BCUT2D eigenvalue weighted by Gasteiger charge is 2.30. The smallest absolute Gasteiger partial charge is 0.239 e. The largest absolute Gasteiger partial charge is 0.357 e. The molecule has 2 aliphatic heterocycles. The summed E-state index contributed by atoms with van der Waals surface area (Å²) in [7, 11) is 0. The fourth-order valence-electron chi connectivity index (χ4n) is 4.09. The van der Waals surface area contributed by atoms with Crippen LogP contribution in [0.1, 0.15) is 32.3 Å². The van der Waals surface area contributed by atoms with Crippen LogP contribution in [-0.4, -0.2) is 85.0 Å². The van der Waals surface area contributed by atoms with E-state index in [0.717, 1.165) is 70.2 Å². The summed E-state index contributed by atoms with van der Waals surface area (Å²) < 4.78 is 13.3. The first-order valence-electron chi connectivity index (χ1n) is 10.9. The van der Waals surface area contributed by atoms with Gasteiger partial charge in [-0.15, -0.1) is 0 Å². The van der Waals surface area contributed by atoms with E-state index in [1.54, 1.807) is 12.1 Å². The molecule has 7 heteroatoms. The lowest BCUT2D eigenvalue weighted by Gasteiger charge is -2.39. The second-order valence-electron chi connectivity index (χ2n) is 7.85. The molecule has 2 saturated heterocycles. The van der Waals surface area contributed by atoms with Gasteiger partial charge in [0.05, 0.1) is 6.04 Å². The van der Waals surface area contributed by atoms with Crippen LogP contribution in [0.25, 0.3) is 0 Å². The molecule has 0 aromatic heterocycles. The predicted molar refractivity (Wildman–Crippen MR) is 115 cm³/mol. The van der Waals surface area contributed by atoms with E-state index in [0.29, 0.717) is 13.0 Å². The minimum atomic E-state index is -0.202. The number of rotatable bonds is 6. The van der Waals surface area contributed by atoms with Crippen LogP contribution >= 0.6 is 0 Å². The molecule has 6 nitrogen and oxygen atoms in total. The number of halogens is 1. The van der Waals surface area contributed by atoms with Crippen LogP contribution in [0.4, 0.5) is 4.39 Å². The maximum absolute atomic E-state index is 13.3. The number of aliphatic imine (C=N–C) groups is 1. The van der Waals surface area contributed by atoms with Gasteiger partial charge in [-0.2, -0.15) is 0 Å². The first-order chi connectivity index (χ1) is 14.1. The van der Waals surface area contributed by atoms with Crippen molar-refractivity contribution in [1.82, 2.24) is 20.0 Å². The summed E-state index contributed by atoms with van der Waals surface area (Å²) >= 11 is 0. The van der Waals surface area contributed by atoms with Crippen LogP contribution in [0.5, 0.6) is 0 Å². The molecule has 0 spiro atoms. The van der Waals surface area contributed by atoms with Gasteiger partial charge in [-0.05, 0) is 50.8 Å². The second-order valence-corrected chi connectivity index (χ2v) is 7.85. The topological polar surface area (TPSA) is 51.2 Å². The Bertz CT molecular complexity index is 696. The molecular weight excluding hydrogens is 369 g/mol. The number of benzene rings is 1. The van der Waals surface area contributed by atoms with E-state index in [9.17, 15) is 9.18 Å². The van der Waals surface area contributed by atoms with Crippen molar-refractivity contribution in [3.8, 4) is 0 Å². The zero-order valence-corrected chi connectivity index (χ0v) is 17.7. The lowest BCUT2D eigenvalue weighted by atomic mass is 10.1. The van der Waals surface area contributed by atoms with Crippen molar-refractivity contribution in [3.05, 3.63) is 35.6 Å². The molecule has 3 rings (SSSR count). The van der Waals surface area contributed by atoms with Crippen molar-refractivity contribution in [2.45, 2.75) is 39.2 Å². The average Bonchev–Trinajstić information content (AvgIpc) is 3.27. The molecule has 160 valence electrons. The first-order valence-corrected chi connectivity index (χ1v) is 10.9. The van der Waals surface area contributed by atoms with E-state index in [1.807, 2.05) is 17.9 Å². The molecule has 0 aliphatic carbocycles. The van der Waals surface area contributed by atoms with Gasteiger partial charge in [0.2, 0.25) is 5.91 Å². The van der Waals surface area contributed by atoms with Gasteiger partial charge in [0.1, 0.15) is 5.82 Å². The van der Waals surface area contributed by atoms with Gasteiger partial charge in [0.25, 0.3) is 0 Å². The van der Waals surface area contributed by atoms with Crippen molar-refractivity contribution in [2.24, 2.45) is 4.99 Å². The van der Waals surface area contributed by atoms with Crippen molar-refractivity contribution < 1.29 is 9.18 Å². The number of piperazine rings is 1. The highest BCUT2D eigenvalue weighted by Crippen LogP contribution is 2.14. The number of nitrogens with one attached hydrogen (secondary N) is 1. The third-order valence-electron chi connectivity index (χ3n) is 5.82. The highest BCUT2D eigenvalue weighted by molar-refractivity contribution is 5.82. The van der Waals surface area contributed by atoms with Gasteiger partial charge in [-0.1, -0.05) is 12.1 Å². The molecule has 0 saturated carbocycles. The van der Waals surface area contributed by atoms with E-state index >= 15 is 0 Å². The standard InChI is InChI=1S/C22H34FN5O/c1-3-24-22(25-10-9-19-7-6-8-20(23)17-19)28-15-13-26(14-16-28)18(2)21(29)27-11-4-5-12-27/h6-8,17-18H,3-5,9-16H2,1-2H3,(H,24,25). The van der Waals surface area contributed by atoms with Crippen molar-refractivity contribution in [1.29, 1.82) is 0 Å². The van der Waals surface area contributed by atoms with Gasteiger partial charge in [0, 0.05) is 52.4 Å². The van der Waals surface area contributed by atoms with E-state index < -0.39 is 0 Å². The second kappa shape index (κ2) is 10.6. The van der Waals surface area contributed by atoms with E-state index in [4.69, 9.17) is 4.99 Å². The highest BCUT2D eigenvalue weighted by atomic mass is 19.1. The molecular formula is C22H34FN5O. The Morgan fingerprint density at radius 2 is 1.86 bits per heavy atom. The van der Waals surface area contributed by atoms with Gasteiger partial charge in [-0.25, -0.2) is 4.39 Å². The normalized spacial score (nSPS) is 19.5. The third kappa shape index (κ3) is 5.92. The van der Waals surface area contributed by atoms with Crippen LogP contribution in [0, 0.1) is 5.82 Å². The molecule has 29 heavy (non-hydrogen) atoms. The Hall–Kier alpha value is -2.15. The molecule has 2 fully saturated rings. The van der Waals surface area contributed by atoms with Crippen molar-refractivity contribution >= 4 is 11.9 Å². The SMILES string of the molecule is CCNC(=NCCc1cccc(F)c1)N1CCN(C(C)C(=O)N2CCCC2)CC1. The minimum Gasteiger partial charge on any atom is -0.357 e. The van der Waals surface area contributed by atoms with Crippen LogP contribution in [0.2, 0.25) is 0 Å². The summed E-state index contributed by atoms with van der Waals surface area (Å²) in [5, 5.41) is 3.37. The molecule has 0 radical (unpaired) electrons. The van der Waals surface area contributed by atoms with E-state index in [1.165, 1.54) is 6.07 Å². The molecule has 1 amide bonds. The van der Waals surface area contributed by atoms with E-state index in [-0.39, 0.29) is 17.8 Å². The van der Waals surface area contributed by atoms with Crippen molar-refractivity contribution in [2.75, 3.05) is 52.4 Å². The van der Waals surface area contributed by atoms with Crippen LogP contribution < -0.4 is 5.32 Å². The quantitative estimate of drug-likeness (QED) is 0.583. The van der Waals surface area contributed by atoms with Crippen LogP contribution in [-0.2, 0) is 11.2 Å². The van der Waals surface area contributed by atoms with Crippen molar-refractivity contribution in [3.63, 3.8) is 0 Å². The summed E-state index contributed by atoms with van der Waals surface area (Å²) in [6, 6.07) is 6.65. The summed E-state index contributed by atoms with van der Waals surface area (Å²) in [6.07, 6.45) is 2.97. The van der Waals surface area contributed by atoms with Gasteiger partial charge in [-0.3, -0.25) is 14.7 Å². The number of hydrogen-bond acceptors (Lipinski definition) is 3. The molecule has 1 N–H and O–H groups in total. The number of carbonyl (C=O) groups excluding carboxylic acids is 1. The molecule has 1 unspecified atom stereocenters. The van der Waals surface area contributed by atoms with Gasteiger partial charge < -0.3 is 15.1 Å². The molecule has 0 bridgehead atoms. The average molecular weight is 404 g/mol. The lowest BCUT2D eigenvalue weighted by Crippen LogP contribution is -2.57. The third-order valence-corrected chi connectivity index (χ3v) is 5.82. The number of nitrogens with zero attached hydrogens (tertiary/aromatic N) is 4. The minimum absolute atomic E-state index is 0.0530. The van der Waals surface area contributed by atoms with Gasteiger partial charge in [0.15, 0.2) is 5.96 Å². The molecule has 1 atom stereocenters. The Morgan fingerprint density at radius 3 is 2.52 bits per heavy atom. The number of likely N-dealkylation sites (tertiary alicyclic amines) is 1. The summed E-state index contributed by atoms with van der Waals surface area (Å²) in [5.41, 5.74) is 0.962. The summed E-state index contributed by atoms with van der Waals surface area (Å²) in [4.78, 5) is 24.0. The Labute approximate surface area is 173 Å². The summed E-state index contributed by atoms with van der Waals surface area (Å²) in [6.45, 7) is 10.8. The van der Waals surface area contributed by atoms with Crippen LogP contribution in [0.15, 0.2) is 29.3 Å². The number of carbonyl (C=O) groups is 1.